The molecule has 14 heteroatoms. The van der Waals surface area contributed by atoms with Gasteiger partial charge in [-0.05, 0) is 105 Å². The average molecular weight is 505 g/mol. The lowest BCUT2D eigenvalue weighted by Crippen LogP contribution is -2.30. The summed E-state index contributed by atoms with van der Waals surface area (Å²) >= 11 is 0. The highest BCUT2D eigenvalue weighted by atomic mass is 31.2. The fourth-order valence-corrected chi connectivity index (χ4v) is 17.3. The van der Waals surface area contributed by atoms with Crippen LogP contribution in [0.4, 0.5) is 0 Å². The van der Waals surface area contributed by atoms with Gasteiger partial charge in [0.2, 0.25) is 0 Å². The molecule has 182 valence electrons. The second-order valence-electron chi connectivity index (χ2n) is 8.83. The Morgan fingerprint density at radius 2 is 0.833 bits per heavy atom. The van der Waals surface area contributed by atoms with Crippen LogP contribution in [0.3, 0.4) is 0 Å². The van der Waals surface area contributed by atoms with Gasteiger partial charge in [-0.3, -0.25) is 28.0 Å². The van der Waals surface area contributed by atoms with E-state index >= 15 is 0 Å². The highest BCUT2D eigenvalue weighted by molar-refractivity contribution is 7.81. The molecule has 0 aromatic heterocycles. The van der Waals surface area contributed by atoms with Crippen LogP contribution in [0.25, 0.3) is 0 Å². The van der Waals surface area contributed by atoms with Crippen molar-refractivity contribution in [2.75, 3.05) is 112 Å². The monoisotopic (exact) mass is 504 g/mol. The number of hydrogen-bond acceptors (Lipinski definition) is 1. The molecule has 0 aromatic carbocycles. The van der Waals surface area contributed by atoms with E-state index in [-0.39, 0.29) is 0 Å². The summed E-state index contributed by atoms with van der Waals surface area (Å²) in [5, 5.41) is 0. The fourth-order valence-electron chi connectivity index (χ4n) is 2.77. The van der Waals surface area contributed by atoms with Crippen LogP contribution in [0.2, 0.25) is 0 Å². The molecule has 0 aromatic rings. The van der Waals surface area contributed by atoms with Crippen molar-refractivity contribution in [1.29, 1.82) is 0 Å². The lowest BCUT2D eigenvalue weighted by Gasteiger charge is -2.42. The van der Waals surface area contributed by atoms with Crippen molar-refractivity contribution < 1.29 is 0 Å². The van der Waals surface area contributed by atoms with Crippen LogP contribution >= 0.6 is 29.6 Å². The van der Waals surface area contributed by atoms with Crippen LogP contribution in [0.1, 0.15) is 0 Å². The summed E-state index contributed by atoms with van der Waals surface area (Å²) in [6, 6.07) is 0. The van der Waals surface area contributed by atoms with Crippen molar-refractivity contribution in [2.45, 2.75) is 0 Å². The van der Waals surface area contributed by atoms with E-state index in [0.29, 0.717) is 0 Å². The molecule has 0 saturated carbocycles. The molecule has 10 nitrogen and oxygen atoms in total. The maximum atomic E-state index is 5.55. The van der Waals surface area contributed by atoms with Gasteiger partial charge in [0.15, 0.2) is 7.51 Å². The molecule has 0 fully saturated rings. The summed E-state index contributed by atoms with van der Waals surface area (Å²) in [4.78, 5) is 0. The van der Waals surface area contributed by atoms with Crippen molar-refractivity contribution in [1.82, 2.24) is 28.0 Å². The van der Waals surface area contributed by atoms with E-state index in [0.717, 1.165) is 0 Å². The van der Waals surface area contributed by atoms with Crippen LogP contribution in [0.5, 0.6) is 0 Å². The fraction of sp³-hybridized carbons (Fsp3) is 1.00. The molecule has 0 bridgehead atoms. The highest BCUT2D eigenvalue weighted by Gasteiger charge is 2.35. The van der Waals surface area contributed by atoms with Gasteiger partial charge in [-0.2, -0.15) is 9.03 Å². The summed E-state index contributed by atoms with van der Waals surface area (Å²) in [7, 11) is 18.0. The van der Waals surface area contributed by atoms with E-state index in [9.17, 15) is 0 Å². The Bertz CT molecular complexity index is 749. The molecule has 0 spiro atoms. The summed E-state index contributed by atoms with van der Waals surface area (Å²) in [5.41, 5.74) is 0. The Morgan fingerprint density at radius 1 is 0.467 bits per heavy atom. The molecule has 0 aliphatic carbocycles. The lowest BCUT2D eigenvalue weighted by molar-refractivity contribution is 0.475. The normalized spacial score (nSPS) is 16.1. The zero-order valence-electron chi connectivity index (χ0n) is 22.3. The summed E-state index contributed by atoms with van der Waals surface area (Å²) < 4.78 is 34.6. The first-order chi connectivity index (χ1) is 13.3. The van der Waals surface area contributed by atoms with E-state index < -0.39 is 29.6 Å². The topological polar surface area (TPSA) is 68.9 Å². The molecule has 0 rings (SSSR count). The first kappa shape index (κ1) is 30.7. The number of hydrogen-bond donors (Lipinski definition) is 0. The zero-order valence-corrected chi connectivity index (χ0v) is 25.8. The maximum Gasteiger partial charge on any atom is 0.302 e. The minimum Gasteiger partial charge on any atom is -0.276 e. The van der Waals surface area contributed by atoms with Crippen LogP contribution in [-0.4, -0.2) is 140 Å². The van der Waals surface area contributed by atoms with Crippen molar-refractivity contribution in [2.24, 2.45) is 18.3 Å². The van der Waals surface area contributed by atoms with Gasteiger partial charge < -0.3 is 0 Å². The standard InChI is InChI=1S/C16H48N10P4/c1-17-29(18-27(14,15)21(2)3,19-28(16,22(4)5)23(6)7)20-30(24(8)9,25(10)11)26(12)13/h1-16H3. The zero-order chi connectivity index (χ0) is 24.3. The Balaban J connectivity index is 7.93. The Morgan fingerprint density at radius 3 is 1.07 bits per heavy atom. The lowest BCUT2D eigenvalue weighted by atomic mass is 11.2. The molecule has 1 unspecified atom stereocenters. The SMILES string of the molecule is CN=P(N=P(C)(C)N(C)C)(N=P(C)(N(C)C)N(C)C)N=P(N(C)C)(N(C)C)N(C)C. The van der Waals surface area contributed by atoms with Crippen LogP contribution < -0.4 is 0 Å². The van der Waals surface area contributed by atoms with Crippen molar-refractivity contribution in [3.63, 3.8) is 0 Å². The molecule has 0 aliphatic heterocycles. The first-order valence-corrected chi connectivity index (χ1v) is 17.6. The van der Waals surface area contributed by atoms with Gasteiger partial charge in [0.25, 0.3) is 0 Å². The van der Waals surface area contributed by atoms with E-state index in [1.54, 1.807) is 0 Å². The van der Waals surface area contributed by atoms with Gasteiger partial charge in [-0.15, -0.1) is 0 Å². The minimum atomic E-state index is -2.77. The van der Waals surface area contributed by atoms with Crippen LogP contribution in [-0.2, 0) is 0 Å². The highest BCUT2D eigenvalue weighted by Crippen LogP contribution is 2.75. The van der Waals surface area contributed by atoms with Crippen molar-refractivity contribution >= 4 is 29.6 Å². The van der Waals surface area contributed by atoms with Crippen molar-refractivity contribution in [3.8, 4) is 0 Å². The predicted octanol–water partition coefficient (Wildman–Crippen LogP) is 4.92. The number of rotatable bonds is 9. The summed E-state index contributed by atoms with van der Waals surface area (Å²) in [6.07, 6.45) is 0. The molecule has 0 radical (unpaired) electrons. The van der Waals surface area contributed by atoms with E-state index in [4.69, 9.17) is 18.3 Å². The van der Waals surface area contributed by atoms with E-state index in [2.05, 4.69) is 133 Å². The molecule has 0 N–H and O–H groups in total. The first-order valence-electron chi connectivity index (χ1n) is 9.76. The quantitative estimate of drug-likeness (QED) is 0.416. The molecule has 1 atom stereocenters. The maximum absolute atomic E-state index is 5.55. The van der Waals surface area contributed by atoms with Gasteiger partial charge in [0, 0.05) is 14.3 Å². The van der Waals surface area contributed by atoms with E-state index in [1.165, 1.54) is 0 Å². The number of nitrogens with zero attached hydrogens (tertiary/aromatic N) is 10. The third-order valence-corrected chi connectivity index (χ3v) is 20.9. The average Bonchev–Trinajstić information content (AvgIpc) is 2.57. The molecular formula is C16H48N10P4. The smallest absolute Gasteiger partial charge is 0.276 e. The predicted molar refractivity (Wildman–Crippen MR) is 143 cm³/mol. The van der Waals surface area contributed by atoms with Crippen LogP contribution in [0.15, 0.2) is 18.3 Å². The second-order valence-corrected chi connectivity index (χ2v) is 22.7. The molecule has 30 heavy (non-hydrogen) atoms. The Kier molecular flexibility index (Phi) is 11.5. The summed E-state index contributed by atoms with van der Waals surface area (Å²) in [5.74, 6) is 0. The Hall–Kier alpha value is 0.680. The third kappa shape index (κ3) is 6.60. The largest absolute Gasteiger partial charge is 0.302 e. The van der Waals surface area contributed by atoms with Gasteiger partial charge in [-0.25, -0.2) is 9.26 Å². The van der Waals surface area contributed by atoms with Gasteiger partial charge in [-0.1, -0.05) is 0 Å². The minimum absolute atomic E-state index is 1.81. The molecule has 0 saturated heterocycles. The summed E-state index contributed by atoms with van der Waals surface area (Å²) in [6.45, 7) is 6.63. The molecular weight excluding hydrogens is 456 g/mol. The van der Waals surface area contributed by atoms with Gasteiger partial charge in [0.1, 0.15) is 7.36 Å². The molecule has 0 heterocycles. The second kappa shape index (κ2) is 11.2. The van der Waals surface area contributed by atoms with E-state index in [1.807, 2.05) is 7.05 Å². The van der Waals surface area contributed by atoms with Gasteiger partial charge >= 0.3 is 7.51 Å². The molecule has 0 aliphatic rings. The molecule has 0 amide bonds. The van der Waals surface area contributed by atoms with Gasteiger partial charge in [0.05, 0.1) is 0 Å². The Labute approximate surface area is 187 Å². The van der Waals surface area contributed by atoms with Crippen LogP contribution in [0, 0.1) is 0 Å². The third-order valence-electron chi connectivity index (χ3n) is 5.24. The van der Waals surface area contributed by atoms with Crippen molar-refractivity contribution in [3.05, 3.63) is 0 Å².